The van der Waals surface area contributed by atoms with Crippen molar-refractivity contribution in [1.82, 2.24) is 9.88 Å². The van der Waals surface area contributed by atoms with Crippen molar-refractivity contribution in [3.8, 4) is 0 Å². The van der Waals surface area contributed by atoms with Gasteiger partial charge in [0.05, 0.1) is 0 Å². The second-order valence-electron chi connectivity index (χ2n) is 5.10. The zero-order chi connectivity index (χ0) is 13.7. The first kappa shape index (κ1) is 14.0. The summed E-state index contributed by atoms with van der Waals surface area (Å²) in [6.45, 7) is 3.82. The zero-order valence-electron chi connectivity index (χ0n) is 11.4. The second kappa shape index (κ2) is 6.63. The van der Waals surface area contributed by atoms with Crippen LogP contribution in [0.15, 0.2) is 18.3 Å². The molecule has 1 saturated heterocycles. The summed E-state index contributed by atoms with van der Waals surface area (Å²) >= 11 is 0. The van der Waals surface area contributed by atoms with Gasteiger partial charge in [0, 0.05) is 26.5 Å². The van der Waals surface area contributed by atoms with E-state index in [1.807, 2.05) is 12.1 Å². The van der Waals surface area contributed by atoms with E-state index in [2.05, 4.69) is 9.88 Å². The molecule has 0 aromatic carbocycles. The molecule has 1 aliphatic rings. The van der Waals surface area contributed by atoms with Crippen LogP contribution in [0.25, 0.3) is 0 Å². The lowest BCUT2D eigenvalue weighted by Gasteiger charge is -2.31. The van der Waals surface area contributed by atoms with Gasteiger partial charge in [-0.25, -0.2) is 0 Å². The van der Waals surface area contributed by atoms with E-state index < -0.39 is 0 Å². The van der Waals surface area contributed by atoms with E-state index in [-0.39, 0.29) is 5.84 Å². The lowest BCUT2D eigenvalue weighted by atomic mass is 9.97. The van der Waals surface area contributed by atoms with Gasteiger partial charge in [-0.3, -0.25) is 15.3 Å². The summed E-state index contributed by atoms with van der Waals surface area (Å²) in [6, 6.07) is 3.91. The molecule has 2 heterocycles. The average molecular weight is 262 g/mol. The van der Waals surface area contributed by atoms with Gasteiger partial charge in [-0.2, -0.15) is 0 Å². The summed E-state index contributed by atoms with van der Waals surface area (Å²) in [7, 11) is 1.77. The summed E-state index contributed by atoms with van der Waals surface area (Å²) in [5.74, 6) is 0.729. The van der Waals surface area contributed by atoms with Crippen LogP contribution in [0.4, 0.5) is 0 Å². The van der Waals surface area contributed by atoms with Crippen molar-refractivity contribution in [3.63, 3.8) is 0 Å². The highest BCUT2D eigenvalue weighted by molar-refractivity contribution is 5.94. The molecule has 0 bridgehead atoms. The SMILES string of the molecule is COCC1CCN(Cc2cccnc2C(=N)N)CC1. The number of amidine groups is 1. The summed E-state index contributed by atoms with van der Waals surface area (Å²) < 4.78 is 5.21. The Balaban J connectivity index is 1.94. The van der Waals surface area contributed by atoms with Crippen LogP contribution in [0.2, 0.25) is 0 Å². The number of hydrogen-bond acceptors (Lipinski definition) is 4. The van der Waals surface area contributed by atoms with Crippen molar-refractivity contribution < 1.29 is 4.74 Å². The van der Waals surface area contributed by atoms with Crippen molar-refractivity contribution in [3.05, 3.63) is 29.6 Å². The van der Waals surface area contributed by atoms with Gasteiger partial charge >= 0.3 is 0 Å². The monoisotopic (exact) mass is 262 g/mol. The molecule has 3 N–H and O–H groups in total. The van der Waals surface area contributed by atoms with Gasteiger partial charge in [0.15, 0.2) is 0 Å². The van der Waals surface area contributed by atoms with Gasteiger partial charge in [0.2, 0.25) is 0 Å². The van der Waals surface area contributed by atoms with Crippen LogP contribution in [0, 0.1) is 11.3 Å². The highest BCUT2D eigenvalue weighted by Gasteiger charge is 2.20. The number of ether oxygens (including phenoxy) is 1. The zero-order valence-corrected chi connectivity index (χ0v) is 11.4. The minimum atomic E-state index is 0.0462. The maximum atomic E-state index is 7.56. The Labute approximate surface area is 114 Å². The Hall–Kier alpha value is -1.46. The predicted octanol–water partition coefficient (Wildman–Crippen LogP) is 1.22. The highest BCUT2D eigenvalue weighted by atomic mass is 16.5. The second-order valence-corrected chi connectivity index (χ2v) is 5.10. The van der Waals surface area contributed by atoms with E-state index in [4.69, 9.17) is 15.9 Å². The molecular formula is C14H22N4O. The minimum absolute atomic E-state index is 0.0462. The number of nitrogens with two attached hydrogens (primary N) is 1. The molecule has 0 radical (unpaired) electrons. The molecule has 0 amide bonds. The maximum Gasteiger partial charge on any atom is 0.142 e. The number of aromatic nitrogens is 1. The standard InChI is InChI=1S/C14H22N4O/c1-19-10-11-4-7-18(8-5-11)9-12-3-2-6-17-13(12)14(15)16/h2-3,6,11H,4-5,7-10H2,1H3,(H3,15,16). The molecule has 0 atom stereocenters. The fraction of sp³-hybridized carbons (Fsp3) is 0.571. The van der Waals surface area contributed by atoms with Crippen LogP contribution < -0.4 is 5.73 Å². The third-order valence-corrected chi connectivity index (χ3v) is 3.65. The predicted molar refractivity (Wildman–Crippen MR) is 75.1 cm³/mol. The average Bonchev–Trinajstić information content (AvgIpc) is 2.42. The lowest BCUT2D eigenvalue weighted by molar-refractivity contribution is 0.0967. The topological polar surface area (TPSA) is 75.2 Å². The minimum Gasteiger partial charge on any atom is -0.384 e. The summed E-state index contributed by atoms with van der Waals surface area (Å²) in [5, 5.41) is 7.56. The number of nitrogens with one attached hydrogen (secondary N) is 1. The molecule has 2 rings (SSSR count). The Morgan fingerprint density at radius 3 is 2.89 bits per heavy atom. The smallest absolute Gasteiger partial charge is 0.142 e. The summed E-state index contributed by atoms with van der Waals surface area (Å²) in [4.78, 5) is 6.59. The number of piperidine rings is 1. The molecule has 0 unspecified atom stereocenters. The molecule has 0 spiro atoms. The molecule has 1 aromatic rings. The van der Waals surface area contributed by atoms with E-state index >= 15 is 0 Å². The number of methoxy groups -OCH3 is 1. The van der Waals surface area contributed by atoms with Gasteiger partial charge in [-0.15, -0.1) is 0 Å². The number of nitrogens with zero attached hydrogens (tertiary/aromatic N) is 2. The van der Waals surface area contributed by atoms with Crippen molar-refractivity contribution in [2.75, 3.05) is 26.8 Å². The largest absolute Gasteiger partial charge is 0.384 e. The van der Waals surface area contributed by atoms with Crippen LogP contribution in [-0.4, -0.2) is 42.5 Å². The number of nitrogen functional groups attached to an aromatic ring is 1. The third kappa shape index (κ3) is 3.75. The first-order chi connectivity index (χ1) is 9.20. The van der Waals surface area contributed by atoms with Crippen molar-refractivity contribution in [2.24, 2.45) is 11.7 Å². The van der Waals surface area contributed by atoms with E-state index in [0.717, 1.165) is 31.8 Å². The molecule has 5 heteroatoms. The van der Waals surface area contributed by atoms with Crippen molar-refractivity contribution >= 4 is 5.84 Å². The molecule has 1 aromatic heterocycles. The van der Waals surface area contributed by atoms with Crippen LogP contribution in [0.3, 0.4) is 0 Å². The van der Waals surface area contributed by atoms with E-state index in [1.54, 1.807) is 13.3 Å². The fourth-order valence-corrected chi connectivity index (χ4v) is 2.60. The Morgan fingerprint density at radius 2 is 2.26 bits per heavy atom. The summed E-state index contributed by atoms with van der Waals surface area (Å²) in [5.41, 5.74) is 7.22. The molecule has 5 nitrogen and oxygen atoms in total. The Bertz CT molecular complexity index is 427. The molecule has 1 aliphatic heterocycles. The van der Waals surface area contributed by atoms with Crippen LogP contribution >= 0.6 is 0 Å². The van der Waals surface area contributed by atoms with Crippen molar-refractivity contribution in [1.29, 1.82) is 5.41 Å². The first-order valence-electron chi connectivity index (χ1n) is 6.70. The quantitative estimate of drug-likeness (QED) is 0.618. The van der Waals surface area contributed by atoms with E-state index in [9.17, 15) is 0 Å². The summed E-state index contributed by atoms with van der Waals surface area (Å²) in [6.07, 6.45) is 4.03. The molecule has 104 valence electrons. The molecule has 19 heavy (non-hydrogen) atoms. The molecular weight excluding hydrogens is 240 g/mol. The van der Waals surface area contributed by atoms with Gasteiger partial charge in [-0.1, -0.05) is 6.07 Å². The van der Waals surface area contributed by atoms with E-state index in [0.29, 0.717) is 11.6 Å². The van der Waals surface area contributed by atoms with E-state index in [1.165, 1.54) is 12.8 Å². The maximum absolute atomic E-state index is 7.56. The van der Waals surface area contributed by atoms with Crippen LogP contribution in [-0.2, 0) is 11.3 Å². The van der Waals surface area contributed by atoms with Gasteiger partial charge < -0.3 is 10.5 Å². The Kier molecular flexibility index (Phi) is 4.87. The molecule has 0 aliphatic carbocycles. The van der Waals surface area contributed by atoms with Gasteiger partial charge in [0.25, 0.3) is 0 Å². The van der Waals surface area contributed by atoms with Gasteiger partial charge in [0.1, 0.15) is 11.5 Å². The fourth-order valence-electron chi connectivity index (χ4n) is 2.60. The number of hydrogen-bond donors (Lipinski definition) is 2. The van der Waals surface area contributed by atoms with Crippen LogP contribution in [0.1, 0.15) is 24.1 Å². The Morgan fingerprint density at radius 1 is 1.53 bits per heavy atom. The number of rotatable bonds is 5. The first-order valence-corrected chi connectivity index (χ1v) is 6.70. The lowest BCUT2D eigenvalue weighted by Crippen LogP contribution is -2.35. The van der Waals surface area contributed by atoms with Crippen molar-refractivity contribution in [2.45, 2.75) is 19.4 Å². The highest BCUT2D eigenvalue weighted by Crippen LogP contribution is 2.19. The molecule has 0 saturated carbocycles. The normalized spacial score (nSPS) is 17.5. The molecule has 1 fully saturated rings. The number of pyridine rings is 1. The third-order valence-electron chi connectivity index (χ3n) is 3.65. The number of likely N-dealkylation sites (tertiary alicyclic amines) is 1. The van der Waals surface area contributed by atoms with Gasteiger partial charge in [-0.05, 0) is 43.5 Å². The van der Waals surface area contributed by atoms with Crippen LogP contribution in [0.5, 0.6) is 0 Å².